The van der Waals surface area contributed by atoms with Crippen LogP contribution in [-0.2, 0) is 19.8 Å². The summed E-state index contributed by atoms with van der Waals surface area (Å²) in [6.07, 6.45) is 0. The number of esters is 1. The zero-order chi connectivity index (χ0) is 21.6. The smallest absolute Gasteiger partial charge is 0.361 e. The molecule has 0 bridgehead atoms. The predicted molar refractivity (Wildman–Crippen MR) is 105 cm³/mol. The van der Waals surface area contributed by atoms with E-state index in [2.05, 4.69) is 15.5 Å². The molecule has 29 heavy (non-hydrogen) atoms. The highest BCUT2D eigenvalue weighted by molar-refractivity contribution is 7.87. The Morgan fingerprint density at radius 2 is 2.17 bits per heavy atom. The van der Waals surface area contributed by atoms with Crippen LogP contribution in [0, 0.1) is 10.1 Å². The summed E-state index contributed by atoms with van der Waals surface area (Å²) in [7, 11) is -4.70. The van der Waals surface area contributed by atoms with E-state index < -0.39 is 21.2 Å². The van der Waals surface area contributed by atoms with E-state index in [1.807, 2.05) is 0 Å². The topological polar surface area (TPSA) is 165 Å². The number of aromatic nitrogens is 2. The zero-order valence-corrected chi connectivity index (χ0v) is 17.3. The Morgan fingerprint density at radius 1 is 1.45 bits per heavy atom. The minimum atomic E-state index is -4.70. The van der Waals surface area contributed by atoms with Gasteiger partial charge in [-0.25, -0.2) is 4.31 Å². The summed E-state index contributed by atoms with van der Waals surface area (Å²) in [4.78, 5) is 21.9. The molecule has 0 aliphatic rings. The summed E-state index contributed by atoms with van der Waals surface area (Å²) in [5.74, 6) is -0.515. The number of benzene rings is 1. The van der Waals surface area contributed by atoms with Crippen molar-refractivity contribution in [1.29, 1.82) is 0 Å². The summed E-state index contributed by atoms with van der Waals surface area (Å²) < 4.78 is 38.2. The van der Waals surface area contributed by atoms with E-state index in [9.17, 15) is 27.9 Å². The molecular weight excluding hydrogens is 450 g/mol. The number of carbonyl (C=O) groups excluding carboxylic acids is 1. The Kier molecular flexibility index (Phi) is 7.80. The third-order valence-electron chi connectivity index (χ3n) is 3.36. The monoisotopic (exact) mass is 465 g/mol. The molecule has 2 aromatic rings. The highest BCUT2D eigenvalue weighted by Gasteiger charge is 2.26. The third kappa shape index (κ3) is 6.30. The van der Waals surface area contributed by atoms with Gasteiger partial charge in [-0.2, -0.15) is 8.42 Å². The normalized spacial score (nSPS) is 11.3. The summed E-state index contributed by atoms with van der Waals surface area (Å²) in [5, 5.41) is 21.4. The molecular formula is C14H16ClN5O7S2. The first-order valence-corrected chi connectivity index (χ1v) is 10.6. The average Bonchev–Trinajstić information content (AvgIpc) is 3.09. The second kappa shape index (κ2) is 9.89. The predicted octanol–water partition coefficient (Wildman–Crippen LogP) is 1.53. The van der Waals surface area contributed by atoms with Crippen molar-refractivity contribution < 1.29 is 27.4 Å². The number of nitrogens with one attached hydrogen (secondary N) is 1. The molecule has 0 amide bonds. The van der Waals surface area contributed by atoms with Gasteiger partial charge in [0.1, 0.15) is 0 Å². The fraction of sp³-hybridized carbons (Fsp3) is 0.357. The van der Waals surface area contributed by atoms with Gasteiger partial charge in [-0.05, 0) is 19.1 Å². The van der Waals surface area contributed by atoms with Gasteiger partial charge in [0.25, 0.3) is 5.69 Å². The second-order valence-electron chi connectivity index (χ2n) is 5.34. The van der Waals surface area contributed by atoms with E-state index >= 15 is 0 Å². The number of nitro benzene ring substituents is 1. The molecule has 2 N–H and O–H groups in total. The molecule has 1 aromatic heterocycles. The fourth-order valence-electron chi connectivity index (χ4n) is 2.15. The van der Waals surface area contributed by atoms with Crippen LogP contribution in [0.1, 0.15) is 6.92 Å². The Bertz CT molecular complexity index is 998. The third-order valence-corrected chi connectivity index (χ3v) is 5.60. The van der Waals surface area contributed by atoms with Gasteiger partial charge in [0.2, 0.25) is 5.13 Å². The van der Waals surface area contributed by atoms with Crippen LogP contribution in [0.15, 0.2) is 18.2 Å². The van der Waals surface area contributed by atoms with E-state index in [-0.39, 0.29) is 52.7 Å². The lowest BCUT2D eigenvalue weighted by atomic mass is 10.2. The molecule has 0 aliphatic heterocycles. The molecule has 0 saturated carbocycles. The molecule has 1 aromatic carbocycles. The molecule has 158 valence electrons. The number of rotatable bonds is 10. The van der Waals surface area contributed by atoms with E-state index in [0.717, 1.165) is 17.4 Å². The Labute approximate surface area is 174 Å². The lowest BCUT2D eigenvalue weighted by molar-refractivity contribution is -0.384. The minimum absolute atomic E-state index is 0.00535. The maximum atomic E-state index is 11.7. The number of nitro groups is 1. The summed E-state index contributed by atoms with van der Waals surface area (Å²) in [6, 6.07) is 3.92. The lowest BCUT2D eigenvalue weighted by Gasteiger charge is -2.17. The standard InChI is InChI=1S/C14H16ClN5O7S2/c1-2-27-12(21)8-16-5-6-19(29(24,25)26)14-18-17-13(28-14)10-4-3-9(15)7-11(10)20(22)23/h3-4,7,16H,2,5-6,8H2,1H3,(H,24,25,26). The van der Waals surface area contributed by atoms with Crippen LogP contribution in [0.4, 0.5) is 10.8 Å². The first-order valence-electron chi connectivity index (χ1n) is 8.02. The number of anilines is 1. The molecule has 2 rings (SSSR count). The van der Waals surface area contributed by atoms with Crippen LogP contribution in [0.25, 0.3) is 10.6 Å². The highest BCUT2D eigenvalue weighted by atomic mass is 35.5. The highest BCUT2D eigenvalue weighted by Crippen LogP contribution is 2.36. The molecule has 0 fully saturated rings. The molecule has 0 unspecified atom stereocenters. The first kappa shape index (κ1) is 22.9. The molecule has 0 spiro atoms. The lowest BCUT2D eigenvalue weighted by Crippen LogP contribution is -2.38. The van der Waals surface area contributed by atoms with Gasteiger partial charge in [0.05, 0.1) is 30.2 Å². The number of halogens is 1. The van der Waals surface area contributed by atoms with Gasteiger partial charge in [0, 0.05) is 17.6 Å². The summed E-state index contributed by atoms with van der Waals surface area (Å²) >= 11 is 6.51. The van der Waals surface area contributed by atoms with E-state index in [1.54, 1.807) is 6.92 Å². The number of carbonyl (C=O) groups is 1. The number of nitrogens with zero attached hydrogens (tertiary/aromatic N) is 4. The van der Waals surface area contributed by atoms with Crippen molar-refractivity contribution in [3.8, 4) is 10.6 Å². The average molecular weight is 466 g/mol. The van der Waals surface area contributed by atoms with Gasteiger partial charge < -0.3 is 10.1 Å². The van der Waals surface area contributed by atoms with E-state index in [0.29, 0.717) is 4.31 Å². The second-order valence-corrected chi connectivity index (χ2v) is 8.07. The first-order chi connectivity index (χ1) is 13.6. The van der Waals surface area contributed by atoms with Crippen LogP contribution < -0.4 is 9.62 Å². The summed E-state index contributed by atoms with van der Waals surface area (Å²) in [5.41, 5.74) is -0.228. The van der Waals surface area contributed by atoms with Crippen molar-refractivity contribution in [2.45, 2.75) is 6.92 Å². The van der Waals surface area contributed by atoms with Crippen molar-refractivity contribution in [2.75, 3.05) is 30.5 Å². The molecule has 12 nitrogen and oxygen atoms in total. The number of ether oxygens (including phenoxy) is 1. The number of hydrogen-bond acceptors (Lipinski definition) is 10. The van der Waals surface area contributed by atoms with Crippen molar-refractivity contribution >= 4 is 50.0 Å². The van der Waals surface area contributed by atoms with Crippen LogP contribution in [0.5, 0.6) is 0 Å². The molecule has 0 aliphatic carbocycles. The maximum Gasteiger partial charge on any atom is 0.361 e. The summed E-state index contributed by atoms with van der Waals surface area (Å²) in [6.45, 7) is 1.44. The van der Waals surface area contributed by atoms with Gasteiger partial charge in [-0.3, -0.25) is 19.5 Å². The van der Waals surface area contributed by atoms with Crippen molar-refractivity contribution in [2.24, 2.45) is 0 Å². The molecule has 15 heteroatoms. The van der Waals surface area contributed by atoms with E-state index in [4.69, 9.17) is 16.3 Å². The van der Waals surface area contributed by atoms with Crippen LogP contribution in [0.3, 0.4) is 0 Å². The minimum Gasteiger partial charge on any atom is -0.465 e. The number of hydrogen-bond donors (Lipinski definition) is 2. The Morgan fingerprint density at radius 3 is 2.79 bits per heavy atom. The van der Waals surface area contributed by atoms with E-state index in [1.165, 1.54) is 12.1 Å². The quantitative estimate of drug-likeness (QED) is 0.173. The van der Waals surface area contributed by atoms with Crippen molar-refractivity contribution in [1.82, 2.24) is 15.5 Å². The fourth-order valence-corrected chi connectivity index (χ4v) is 4.08. The maximum absolute atomic E-state index is 11.7. The van der Waals surface area contributed by atoms with Gasteiger partial charge >= 0.3 is 16.3 Å². The molecule has 0 atom stereocenters. The van der Waals surface area contributed by atoms with Crippen molar-refractivity contribution in [3.05, 3.63) is 33.3 Å². The molecule has 0 saturated heterocycles. The van der Waals surface area contributed by atoms with Crippen molar-refractivity contribution in [3.63, 3.8) is 0 Å². The zero-order valence-electron chi connectivity index (χ0n) is 14.9. The van der Waals surface area contributed by atoms with Crippen LogP contribution in [-0.4, -0.2) is 60.3 Å². The van der Waals surface area contributed by atoms with Crippen LogP contribution >= 0.6 is 22.9 Å². The molecule has 1 heterocycles. The van der Waals surface area contributed by atoms with Gasteiger partial charge in [-0.1, -0.05) is 22.9 Å². The van der Waals surface area contributed by atoms with Gasteiger partial charge in [0.15, 0.2) is 5.01 Å². The Balaban J connectivity index is 2.20. The van der Waals surface area contributed by atoms with Crippen LogP contribution in [0.2, 0.25) is 5.02 Å². The largest absolute Gasteiger partial charge is 0.465 e. The Hall–Kier alpha value is -2.39. The molecule has 0 radical (unpaired) electrons. The SMILES string of the molecule is CCOC(=O)CNCCN(c1nnc(-c2ccc(Cl)cc2[N+](=O)[O-])s1)S(=O)(=O)O. The van der Waals surface area contributed by atoms with Gasteiger partial charge in [-0.15, -0.1) is 10.2 Å².